The first-order valence-corrected chi connectivity index (χ1v) is 10.8. The highest BCUT2D eigenvalue weighted by Crippen LogP contribution is 2.35. The molecule has 0 saturated carbocycles. The Labute approximate surface area is 181 Å². The number of nitrogens with one attached hydrogen (secondary N) is 1. The number of para-hydroxylation sites is 2. The van der Waals surface area contributed by atoms with Crippen molar-refractivity contribution in [3.63, 3.8) is 0 Å². The fraction of sp³-hybridized carbons (Fsp3) is 0.435. The number of hydrogen-bond acceptors (Lipinski definition) is 5. The molecule has 0 aliphatic carbocycles. The summed E-state index contributed by atoms with van der Waals surface area (Å²) in [5.41, 5.74) is 0.682. The van der Waals surface area contributed by atoms with Crippen LogP contribution in [0.4, 0.5) is 5.69 Å². The fourth-order valence-corrected chi connectivity index (χ4v) is 4.05. The minimum atomic E-state index is -0.744. The van der Waals surface area contributed by atoms with Gasteiger partial charge in [-0.1, -0.05) is 19.1 Å². The number of amides is 3. The number of likely N-dealkylation sites (tertiary alicyclic amines) is 1. The molecule has 3 heterocycles. The first-order valence-electron chi connectivity index (χ1n) is 10.8. The molecule has 2 aliphatic rings. The van der Waals surface area contributed by atoms with Crippen molar-refractivity contribution >= 4 is 23.4 Å². The van der Waals surface area contributed by atoms with E-state index in [1.54, 1.807) is 28.0 Å². The molecular formula is C23H27N3O5. The lowest BCUT2D eigenvalue weighted by Crippen LogP contribution is -2.53. The SMILES string of the molecule is CCCNC(=O)[C@@H]1CN(C(=O)C2CCN(C(=O)c3ccco3)CC2)c2ccccc2O1. The van der Waals surface area contributed by atoms with Crippen molar-refractivity contribution in [1.82, 2.24) is 10.2 Å². The van der Waals surface area contributed by atoms with E-state index in [-0.39, 0.29) is 30.2 Å². The molecule has 8 heteroatoms. The molecule has 31 heavy (non-hydrogen) atoms. The third-order valence-corrected chi connectivity index (χ3v) is 5.74. The zero-order valence-electron chi connectivity index (χ0n) is 17.6. The van der Waals surface area contributed by atoms with Gasteiger partial charge in [0.1, 0.15) is 5.75 Å². The van der Waals surface area contributed by atoms with E-state index in [4.69, 9.17) is 9.15 Å². The molecule has 4 rings (SSSR count). The second-order valence-electron chi connectivity index (χ2n) is 7.86. The van der Waals surface area contributed by atoms with Crippen molar-refractivity contribution < 1.29 is 23.5 Å². The zero-order valence-corrected chi connectivity index (χ0v) is 17.6. The smallest absolute Gasteiger partial charge is 0.289 e. The average molecular weight is 425 g/mol. The molecule has 1 saturated heterocycles. The van der Waals surface area contributed by atoms with Crippen LogP contribution >= 0.6 is 0 Å². The number of fused-ring (bicyclic) bond motifs is 1. The van der Waals surface area contributed by atoms with Crippen LogP contribution in [0.15, 0.2) is 47.1 Å². The second kappa shape index (κ2) is 9.24. The average Bonchev–Trinajstić information content (AvgIpc) is 3.36. The third-order valence-electron chi connectivity index (χ3n) is 5.74. The normalized spacial score (nSPS) is 18.8. The van der Waals surface area contributed by atoms with Gasteiger partial charge in [-0.2, -0.15) is 0 Å². The van der Waals surface area contributed by atoms with Crippen molar-refractivity contribution in [2.75, 3.05) is 31.1 Å². The molecule has 8 nitrogen and oxygen atoms in total. The summed E-state index contributed by atoms with van der Waals surface area (Å²) in [4.78, 5) is 41.8. The highest BCUT2D eigenvalue weighted by molar-refractivity contribution is 5.99. The number of carbonyl (C=O) groups is 3. The van der Waals surface area contributed by atoms with E-state index in [1.165, 1.54) is 6.26 Å². The third kappa shape index (κ3) is 4.42. The Balaban J connectivity index is 1.44. The number of ether oxygens (including phenoxy) is 1. The molecule has 1 atom stereocenters. The van der Waals surface area contributed by atoms with Crippen LogP contribution in [0.25, 0.3) is 0 Å². The van der Waals surface area contributed by atoms with E-state index in [9.17, 15) is 14.4 Å². The van der Waals surface area contributed by atoms with E-state index >= 15 is 0 Å². The highest BCUT2D eigenvalue weighted by Gasteiger charge is 2.38. The van der Waals surface area contributed by atoms with Crippen LogP contribution in [0.1, 0.15) is 36.7 Å². The van der Waals surface area contributed by atoms with Gasteiger partial charge < -0.3 is 24.3 Å². The summed E-state index contributed by atoms with van der Waals surface area (Å²) in [5.74, 6) is 0.227. The number of carbonyl (C=O) groups excluding carboxylic acids is 3. The first kappa shape index (κ1) is 21.0. The monoisotopic (exact) mass is 425 g/mol. The Bertz CT molecular complexity index is 934. The maximum Gasteiger partial charge on any atom is 0.289 e. The van der Waals surface area contributed by atoms with Gasteiger partial charge in [0, 0.05) is 25.6 Å². The molecule has 1 N–H and O–H groups in total. The van der Waals surface area contributed by atoms with Gasteiger partial charge in [0.25, 0.3) is 11.8 Å². The second-order valence-corrected chi connectivity index (χ2v) is 7.86. The van der Waals surface area contributed by atoms with Gasteiger partial charge in [-0.05, 0) is 43.5 Å². The number of nitrogens with zero attached hydrogens (tertiary/aromatic N) is 2. The van der Waals surface area contributed by atoms with E-state index in [1.807, 2.05) is 25.1 Å². The Morgan fingerprint density at radius 2 is 1.87 bits per heavy atom. The number of furan rings is 1. The lowest BCUT2D eigenvalue weighted by Gasteiger charge is -2.38. The lowest BCUT2D eigenvalue weighted by molar-refractivity contribution is -0.129. The zero-order chi connectivity index (χ0) is 21.8. The summed E-state index contributed by atoms with van der Waals surface area (Å²) in [6, 6.07) is 10.6. The summed E-state index contributed by atoms with van der Waals surface area (Å²) >= 11 is 0. The van der Waals surface area contributed by atoms with Crippen LogP contribution in [0.5, 0.6) is 5.75 Å². The molecule has 1 aromatic carbocycles. The van der Waals surface area contributed by atoms with Gasteiger partial charge in [0.05, 0.1) is 18.5 Å². The van der Waals surface area contributed by atoms with Crippen LogP contribution < -0.4 is 15.0 Å². The van der Waals surface area contributed by atoms with Crippen LogP contribution in [0.3, 0.4) is 0 Å². The van der Waals surface area contributed by atoms with Crippen LogP contribution in [0, 0.1) is 5.92 Å². The lowest BCUT2D eigenvalue weighted by atomic mass is 9.94. The van der Waals surface area contributed by atoms with Gasteiger partial charge in [-0.15, -0.1) is 0 Å². The molecule has 164 valence electrons. The fourth-order valence-electron chi connectivity index (χ4n) is 4.05. The Morgan fingerprint density at radius 3 is 2.58 bits per heavy atom. The minimum absolute atomic E-state index is 0.0332. The van der Waals surface area contributed by atoms with Crippen LogP contribution in [-0.4, -0.2) is 54.9 Å². The Hall–Kier alpha value is -3.29. The molecule has 3 amide bonds. The van der Waals surface area contributed by atoms with Gasteiger partial charge in [-0.3, -0.25) is 14.4 Å². The summed E-state index contributed by atoms with van der Waals surface area (Å²) in [6.45, 7) is 3.70. The quantitative estimate of drug-likeness (QED) is 0.795. The number of hydrogen-bond donors (Lipinski definition) is 1. The Morgan fingerprint density at radius 1 is 1.10 bits per heavy atom. The summed E-state index contributed by atoms with van der Waals surface area (Å²) in [7, 11) is 0. The molecule has 0 unspecified atom stereocenters. The van der Waals surface area contributed by atoms with Crippen molar-refractivity contribution in [3.05, 3.63) is 48.4 Å². The van der Waals surface area contributed by atoms with Gasteiger partial charge in [0.2, 0.25) is 5.91 Å². The maximum absolute atomic E-state index is 13.4. The van der Waals surface area contributed by atoms with Gasteiger partial charge >= 0.3 is 0 Å². The molecular weight excluding hydrogens is 398 g/mol. The predicted octanol–water partition coefficient (Wildman–Crippen LogP) is 2.45. The topological polar surface area (TPSA) is 92.1 Å². The molecule has 0 bridgehead atoms. The standard InChI is InChI=1S/C23H27N3O5/c1-2-11-24-21(27)20-15-26(17-6-3-4-7-18(17)31-20)22(28)16-9-12-25(13-10-16)23(29)19-8-5-14-30-19/h3-8,14,16,20H,2,9-13,15H2,1H3,(H,24,27)/t20-/m0/s1. The predicted molar refractivity (Wildman–Crippen MR) is 114 cm³/mol. The number of piperidine rings is 1. The van der Waals surface area contributed by atoms with Crippen LogP contribution in [0.2, 0.25) is 0 Å². The van der Waals surface area contributed by atoms with E-state index < -0.39 is 6.10 Å². The molecule has 0 spiro atoms. The molecule has 1 aromatic heterocycles. The van der Waals surface area contributed by atoms with Crippen molar-refractivity contribution in [1.29, 1.82) is 0 Å². The summed E-state index contributed by atoms with van der Waals surface area (Å²) in [6.07, 6.45) is 2.69. The van der Waals surface area contributed by atoms with Crippen molar-refractivity contribution in [2.24, 2.45) is 5.92 Å². The van der Waals surface area contributed by atoms with E-state index in [2.05, 4.69) is 5.32 Å². The van der Waals surface area contributed by atoms with Crippen molar-refractivity contribution in [2.45, 2.75) is 32.3 Å². The van der Waals surface area contributed by atoms with Gasteiger partial charge in [-0.25, -0.2) is 0 Å². The first-order chi connectivity index (χ1) is 15.1. The maximum atomic E-state index is 13.4. The summed E-state index contributed by atoms with van der Waals surface area (Å²) < 4.78 is 11.1. The van der Waals surface area contributed by atoms with E-state index in [0.717, 1.165) is 6.42 Å². The summed E-state index contributed by atoms with van der Waals surface area (Å²) in [5, 5.41) is 2.85. The molecule has 1 fully saturated rings. The molecule has 0 radical (unpaired) electrons. The molecule has 2 aromatic rings. The minimum Gasteiger partial charge on any atom is -0.477 e. The highest BCUT2D eigenvalue weighted by atomic mass is 16.5. The van der Waals surface area contributed by atoms with E-state index in [0.29, 0.717) is 49.7 Å². The number of rotatable bonds is 5. The van der Waals surface area contributed by atoms with Crippen molar-refractivity contribution in [3.8, 4) is 5.75 Å². The Kier molecular flexibility index (Phi) is 6.25. The number of anilines is 1. The van der Waals surface area contributed by atoms with Gasteiger partial charge in [0.15, 0.2) is 11.9 Å². The number of benzene rings is 1. The van der Waals surface area contributed by atoms with Crippen LogP contribution in [-0.2, 0) is 9.59 Å². The largest absolute Gasteiger partial charge is 0.477 e. The molecule has 2 aliphatic heterocycles.